The van der Waals surface area contributed by atoms with E-state index in [9.17, 15) is 4.39 Å². The fraction of sp³-hybridized carbons (Fsp3) is 0.263. The average molecular weight is 388 g/mol. The molecule has 0 unspecified atom stereocenters. The first-order valence-corrected chi connectivity index (χ1v) is 9.41. The maximum Gasteiger partial charge on any atom is 0.210 e. The van der Waals surface area contributed by atoms with Gasteiger partial charge in [-0.2, -0.15) is 0 Å². The first-order valence-electron chi connectivity index (χ1n) is 8.43. The Hall–Kier alpha value is -2.74. The molecule has 0 atom stereocenters. The number of thioether (sulfide) groups is 1. The van der Waals surface area contributed by atoms with Gasteiger partial charge in [-0.15, -0.1) is 10.2 Å². The van der Waals surface area contributed by atoms with E-state index in [0.717, 1.165) is 16.9 Å². The van der Waals surface area contributed by atoms with Crippen LogP contribution in [0.2, 0.25) is 0 Å². The molecule has 0 aliphatic heterocycles. The second-order valence-corrected chi connectivity index (χ2v) is 7.09. The second-order valence-electron chi connectivity index (χ2n) is 6.03. The van der Waals surface area contributed by atoms with E-state index in [-0.39, 0.29) is 12.4 Å². The van der Waals surface area contributed by atoms with Gasteiger partial charge in [0.25, 0.3) is 0 Å². The molecule has 2 N–H and O–H groups in total. The molecule has 27 heavy (non-hydrogen) atoms. The molecule has 0 fully saturated rings. The third-order valence-electron chi connectivity index (χ3n) is 3.70. The van der Waals surface area contributed by atoms with Crippen molar-refractivity contribution in [2.24, 2.45) is 0 Å². The summed E-state index contributed by atoms with van der Waals surface area (Å²) < 4.78 is 25.6. The largest absolute Gasteiger partial charge is 0.493 e. The van der Waals surface area contributed by atoms with Gasteiger partial charge in [-0.1, -0.05) is 17.8 Å². The Bertz CT molecular complexity index is 879. The predicted octanol–water partition coefficient (Wildman–Crippen LogP) is 3.50. The molecular weight excluding hydrogens is 367 g/mol. The minimum Gasteiger partial charge on any atom is -0.493 e. The van der Waals surface area contributed by atoms with Crippen LogP contribution in [0.1, 0.15) is 17.0 Å². The molecule has 1 heterocycles. The molecule has 0 saturated heterocycles. The van der Waals surface area contributed by atoms with Gasteiger partial charge in [-0.25, -0.2) is 9.07 Å². The molecular formula is C19H21FN4O2S. The van der Waals surface area contributed by atoms with E-state index in [0.29, 0.717) is 29.1 Å². The number of nitrogen functional groups attached to an aromatic ring is 1. The molecule has 6 nitrogen and oxygen atoms in total. The van der Waals surface area contributed by atoms with E-state index in [2.05, 4.69) is 16.3 Å². The number of aromatic nitrogens is 3. The minimum atomic E-state index is -0.288. The lowest BCUT2D eigenvalue weighted by molar-refractivity contribution is 0.291. The Morgan fingerprint density at radius 2 is 1.70 bits per heavy atom. The number of benzene rings is 2. The Morgan fingerprint density at radius 1 is 1.00 bits per heavy atom. The number of ether oxygens (including phenoxy) is 2. The number of rotatable bonds is 8. The molecule has 2 aromatic carbocycles. The molecule has 3 aromatic rings. The van der Waals surface area contributed by atoms with Gasteiger partial charge >= 0.3 is 0 Å². The zero-order valence-electron chi connectivity index (χ0n) is 15.2. The molecule has 0 aliphatic carbocycles. The molecule has 1 aromatic heterocycles. The molecule has 0 radical (unpaired) electrons. The van der Waals surface area contributed by atoms with Crippen LogP contribution < -0.4 is 15.3 Å². The smallest absolute Gasteiger partial charge is 0.210 e. The number of halogens is 1. The van der Waals surface area contributed by atoms with Crippen LogP contribution in [0.3, 0.4) is 0 Å². The molecule has 0 saturated carbocycles. The molecule has 3 rings (SSSR count). The van der Waals surface area contributed by atoms with Crippen LogP contribution in [0.15, 0.2) is 47.6 Å². The Balaban J connectivity index is 1.48. The van der Waals surface area contributed by atoms with Crippen molar-refractivity contribution in [2.75, 3.05) is 18.2 Å². The van der Waals surface area contributed by atoms with E-state index in [1.54, 1.807) is 12.1 Å². The van der Waals surface area contributed by atoms with Gasteiger partial charge in [-0.05, 0) is 61.4 Å². The third-order valence-corrected chi connectivity index (χ3v) is 4.60. The fourth-order valence-corrected chi connectivity index (χ4v) is 3.18. The van der Waals surface area contributed by atoms with Gasteiger partial charge < -0.3 is 15.3 Å². The summed E-state index contributed by atoms with van der Waals surface area (Å²) in [6.45, 7) is 4.72. The van der Waals surface area contributed by atoms with Crippen LogP contribution in [0, 0.1) is 19.7 Å². The third kappa shape index (κ3) is 5.37. The zero-order chi connectivity index (χ0) is 19.2. The number of nitrogens with zero attached hydrogens (tertiary/aromatic N) is 3. The molecule has 8 heteroatoms. The summed E-state index contributed by atoms with van der Waals surface area (Å²) in [7, 11) is 0. The van der Waals surface area contributed by atoms with Crippen LogP contribution in [0.25, 0.3) is 0 Å². The molecule has 142 valence electrons. The molecule has 0 amide bonds. The van der Waals surface area contributed by atoms with E-state index in [1.807, 2.05) is 26.0 Å². The van der Waals surface area contributed by atoms with Crippen LogP contribution >= 0.6 is 11.8 Å². The van der Waals surface area contributed by atoms with Gasteiger partial charge in [0.2, 0.25) is 5.16 Å². The normalized spacial score (nSPS) is 10.8. The highest BCUT2D eigenvalue weighted by Crippen LogP contribution is 2.19. The maximum absolute atomic E-state index is 12.9. The lowest BCUT2D eigenvalue weighted by atomic mass is 10.1. The fourth-order valence-electron chi connectivity index (χ4n) is 2.49. The van der Waals surface area contributed by atoms with E-state index >= 15 is 0 Å². The van der Waals surface area contributed by atoms with E-state index < -0.39 is 0 Å². The quantitative estimate of drug-likeness (QED) is 0.362. The maximum atomic E-state index is 12.9. The van der Waals surface area contributed by atoms with Crippen LogP contribution in [-0.2, 0) is 6.61 Å². The van der Waals surface area contributed by atoms with E-state index in [4.69, 9.17) is 15.3 Å². The van der Waals surface area contributed by atoms with Crippen molar-refractivity contribution in [1.82, 2.24) is 14.9 Å². The Morgan fingerprint density at radius 3 is 2.41 bits per heavy atom. The van der Waals surface area contributed by atoms with Crippen molar-refractivity contribution in [3.8, 4) is 11.5 Å². The Labute approximate surface area is 161 Å². The van der Waals surface area contributed by atoms with E-state index in [1.165, 1.54) is 28.6 Å². The average Bonchev–Trinajstić information content (AvgIpc) is 2.98. The summed E-state index contributed by atoms with van der Waals surface area (Å²) in [6.07, 6.45) is 0. The van der Waals surface area contributed by atoms with Gasteiger partial charge in [0.15, 0.2) is 5.82 Å². The van der Waals surface area contributed by atoms with Crippen molar-refractivity contribution in [2.45, 2.75) is 25.6 Å². The highest BCUT2D eigenvalue weighted by molar-refractivity contribution is 7.99. The monoisotopic (exact) mass is 388 g/mol. The summed E-state index contributed by atoms with van der Waals surface area (Å²) in [5.74, 6) is 8.32. The van der Waals surface area contributed by atoms with Crippen LogP contribution in [0.4, 0.5) is 4.39 Å². The van der Waals surface area contributed by atoms with Gasteiger partial charge in [0, 0.05) is 5.75 Å². The predicted molar refractivity (Wildman–Crippen MR) is 103 cm³/mol. The number of aryl methyl sites for hydroxylation is 2. The second kappa shape index (κ2) is 8.77. The number of hydrogen-bond donors (Lipinski definition) is 1. The van der Waals surface area contributed by atoms with Crippen molar-refractivity contribution < 1.29 is 13.9 Å². The standard InChI is InChI=1S/C19H21FN4O2S/c1-13-9-14(2)11-17(10-13)26-12-18-22-23-19(24(18)21)27-8-7-25-16-5-3-15(20)4-6-16/h3-6,9-11H,7-8,12,21H2,1-2H3. The van der Waals surface area contributed by atoms with Crippen molar-refractivity contribution >= 4 is 11.8 Å². The van der Waals surface area contributed by atoms with Crippen molar-refractivity contribution in [3.05, 3.63) is 65.2 Å². The Kier molecular flexibility index (Phi) is 6.18. The highest BCUT2D eigenvalue weighted by Gasteiger charge is 2.11. The topological polar surface area (TPSA) is 75.2 Å². The molecule has 0 spiro atoms. The summed E-state index contributed by atoms with van der Waals surface area (Å²) in [5.41, 5.74) is 2.27. The lowest BCUT2D eigenvalue weighted by Crippen LogP contribution is -2.16. The summed E-state index contributed by atoms with van der Waals surface area (Å²) in [4.78, 5) is 0. The summed E-state index contributed by atoms with van der Waals surface area (Å²) in [5, 5.41) is 8.75. The van der Waals surface area contributed by atoms with Crippen LogP contribution in [0.5, 0.6) is 11.5 Å². The summed E-state index contributed by atoms with van der Waals surface area (Å²) in [6, 6.07) is 11.9. The highest BCUT2D eigenvalue weighted by atomic mass is 32.2. The van der Waals surface area contributed by atoms with Crippen molar-refractivity contribution in [1.29, 1.82) is 0 Å². The minimum absolute atomic E-state index is 0.235. The van der Waals surface area contributed by atoms with Gasteiger partial charge in [-0.3, -0.25) is 0 Å². The lowest BCUT2D eigenvalue weighted by Gasteiger charge is -2.08. The van der Waals surface area contributed by atoms with Crippen LogP contribution in [-0.4, -0.2) is 27.2 Å². The summed E-state index contributed by atoms with van der Waals surface area (Å²) >= 11 is 1.43. The van der Waals surface area contributed by atoms with Gasteiger partial charge in [0.1, 0.15) is 23.9 Å². The number of hydrogen-bond acceptors (Lipinski definition) is 6. The first-order chi connectivity index (χ1) is 13.0. The van der Waals surface area contributed by atoms with Crippen molar-refractivity contribution in [3.63, 3.8) is 0 Å². The van der Waals surface area contributed by atoms with Gasteiger partial charge in [0.05, 0.1) is 6.61 Å². The zero-order valence-corrected chi connectivity index (χ0v) is 16.0. The number of nitrogens with two attached hydrogens (primary N) is 1. The molecule has 0 aliphatic rings. The molecule has 0 bridgehead atoms. The first kappa shape index (κ1) is 19.0. The SMILES string of the molecule is Cc1cc(C)cc(OCc2nnc(SCCOc3ccc(F)cc3)n2N)c1.